The monoisotopic (exact) mass is 1030 g/mol. The van der Waals surface area contributed by atoms with Gasteiger partial charge < -0.3 is 43.9 Å². The van der Waals surface area contributed by atoms with Crippen molar-refractivity contribution in [2.75, 3.05) is 27.9 Å². The second kappa shape index (κ2) is 24.5. The van der Waals surface area contributed by atoms with Crippen LogP contribution in [0.2, 0.25) is 0 Å². The molecule has 19 nitrogen and oxygen atoms in total. The molecule has 408 valence electrons. The molecule has 5 aliphatic heterocycles. The molecule has 1 amide bonds. The number of aliphatic hydroxyl groups is 3. The Morgan fingerprint density at radius 2 is 1.51 bits per heavy atom. The van der Waals surface area contributed by atoms with Crippen LogP contribution in [-0.4, -0.2) is 146 Å². The summed E-state index contributed by atoms with van der Waals surface area (Å²) >= 11 is 0. The lowest BCUT2D eigenvalue weighted by molar-refractivity contribution is -0.265. The van der Waals surface area contributed by atoms with Crippen molar-refractivity contribution in [3.05, 3.63) is 56.4 Å². The quantitative estimate of drug-likeness (QED) is 0.207. The maximum Gasteiger partial charge on any atom is 0.347 e. The first-order valence-electron chi connectivity index (χ1n) is 26.4. The lowest BCUT2D eigenvalue weighted by atomic mass is 9.78. The van der Waals surface area contributed by atoms with Gasteiger partial charge in [0.05, 0.1) is 36.5 Å². The molecule has 3 N–H and O–H groups in total. The molecule has 4 bridgehead atoms. The van der Waals surface area contributed by atoms with Crippen LogP contribution in [0.15, 0.2) is 45.0 Å². The van der Waals surface area contributed by atoms with Gasteiger partial charge in [-0.05, 0) is 107 Å². The molecule has 1 aliphatic carbocycles. The summed E-state index contributed by atoms with van der Waals surface area (Å²) in [5.41, 5.74) is -0.127. The van der Waals surface area contributed by atoms with E-state index < -0.39 is 113 Å². The Labute approximate surface area is 428 Å². The van der Waals surface area contributed by atoms with Gasteiger partial charge in [-0.2, -0.15) is 0 Å². The molecule has 19 heteroatoms. The normalized spacial score (nSPS) is 39.0. The van der Waals surface area contributed by atoms with Crippen molar-refractivity contribution < 1.29 is 63.0 Å². The number of allylic oxidation sites excluding steroid dienone is 4. The molecule has 0 spiro atoms. The predicted octanol–water partition coefficient (Wildman–Crippen LogP) is 4.08. The van der Waals surface area contributed by atoms with Crippen LogP contribution in [0.3, 0.4) is 0 Å². The van der Waals surface area contributed by atoms with Crippen LogP contribution in [-0.2, 0) is 54.7 Å². The maximum atomic E-state index is 14.5. The van der Waals surface area contributed by atoms with Crippen molar-refractivity contribution in [3.63, 3.8) is 0 Å². The number of methoxy groups -OCH3 is 3. The van der Waals surface area contributed by atoms with Crippen LogP contribution in [0.4, 0.5) is 0 Å². The molecule has 2 unspecified atom stereocenters. The van der Waals surface area contributed by atoms with Gasteiger partial charge in [-0.1, -0.05) is 58.9 Å². The summed E-state index contributed by atoms with van der Waals surface area (Å²) in [5.74, 6) is -9.27. The van der Waals surface area contributed by atoms with Gasteiger partial charge in [-0.15, -0.1) is 0 Å². The van der Waals surface area contributed by atoms with Crippen LogP contribution in [0, 0.1) is 35.5 Å². The Balaban J connectivity index is 1.37. The minimum Gasteiger partial charge on any atom is -0.460 e. The topological polar surface area (TPSA) is 244 Å². The van der Waals surface area contributed by atoms with Crippen LogP contribution in [0.5, 0.6) is 0 Å². The summed E-state index contributed by atoms with van der Waals surface area (Å²) < 4.78 is 33.4. The van der Waals surface area contributed by atoms with Crippen LogP contribution >= 0.6 is 0 Å². The number of Topliss-reactive ketones (excluding diaryl/α,β-unsaturated/α-hetero) is 3. The molecular weight excluding hydrogens is 945 g/mol. The third kappa shape index (κ3) is 12.5. The molecule has 6 heterocycles. The second-order valence-corrected chi connectivity index (χ2v) is 22.0. The van der Waals surface area contributed by atoms with Crippen molar-refractivity contribution in [2.24, 2.45) is 42.6 Å². The fourth-order valence-electron chi connectivity index (χ4n) is 12.0. The van der Waals surface area contributed by atoms with E-state index in [9.17, 15) is 48.9 Å². The number of hydrogen-bond donors (Lipinski definition) is 3. The van der Waals surface area contributed by atoms with E-state index in [1.165, 1.54) is 30.6 Å². The number of aromatic nitrogens is 3. The highest BCUT2D eigenvalue weighted by molar-refractivity contribution is 6.39. The van der Waals surface area contributed by atoms with Gasteiger partial charge in [0, 0.05) is 65.5 Å². The number of amides is 1. The third-order valence-electron chi connectivity index (χ3n) is 16.7. The van der Waals surface area contributed by atoms with E-state index in [4.69, 9.17) is 23.7 Å². The highest BCUT2D eigenvalue weighted by Gasteiger charge is 2.53. The van der Waals surface area contributed by atoms with Gasteiger partial charge in [-0.3, -0.25) is 19.2 Å². The van der Waals surface area contributed by atoms with Crippen molar-refractivity contribution in [2.45, 2.75) is 192 Å². The Kier molecular flexibility index (Phi) is 19.5. The molecular formula is C54H82N4O15. The van der Waals surface area contributed by atoms with E-state index in [1.807, 2.05) is 26.0 Å². The van der Waals surface area contributed by atoms with E-state index in [-0.39, 0.29) is 61.9 Å². The molecule has 3 fully saturated rings. The lowest BCUT2D eigenvalue weighted by Crippen LogP contribution is -2.61. The van der Waals surface area contributed by atoms with Crippen molar-refractivity contribution in [1.29, 1.82) is 0 Å². The van der Waals surface area contributed by atoms with Gasteiger partial charge in [0.1, 0.15) is 30.1 Å². The van der Waals surface area contributed by atoms with E-state index in [2.05, 4.69) is 0 Å². The number of nitrogens with zero attached hydrogens (tertiary/aromatic N) is 4. The molecule has 7 rings (SSSR count). The number of carbonyl (C=O) groups excluding carboxylic acids is 5. The summed E-state index contributed by atoms with van der Waals surface area (Å²) in [6.07, 6.45) is 5.36. The number of aliphatic hydroxyl groups excluding tert-OH is 2. The Morgan fingerprint density at radius 1 is 0.808 bits per heavy atom. The molecule has 2 saturated heterocycles. The number of hydrogen-bond acceptors (Lipinski definition) is 15. The summed E-state index contributed by atoms with van der Waals surface area (Å²) in [4.78, 5) is 100. The lowest BCUT2D eigenvalue weighted by Gasteiger charge is -2.42. The van der Waals surface area contributed by atoms with Gasteiger partial charge >= 0.3 is 17.3 Å². The van der Waals surface area contributed by atoms with Crippen LogP contribution in [0.25, 0.3) is 0 Å². The molecule has 1 saturated carbocycles. The summed E-state index contributed by atoms with van der Waals surface area (Å²) in [5, 5.41) is 34.3. The van der Waals surface area contributed by atoms with Crippen molar-refractivity contribution in [1.82, 2.24) is 18.8 Å². The summed E-state index contributed by atoms with van der Waals surface area (Å²) in [6.45, 7) is 12.2. The van der Waals surface area contributed by atoms with Crippen LogP contribution in [0.1, 0.15) is 138 Å². The first kappa shape index (κ1) is 57.9. The zero-order chi connectivity index (χ0) is 53.8. The fraction of sp³-hybridized carbons (Fsp3) is 0.759. The predicted molar refractivity (Wildman–Crippen MR) is 268 cm³/mol. The highest BCUT2D eigenvalue weighted by Crippen LogP contribution is 2.39. The zero-order valence-corrected chi connectivity index (χ0v) is 44.8. The number of esters is 1. The number of ether oxygens (including phenoxy) is 5. The molecule has 0 aromatic carbocycles. The first-order chi connectivity index (χ1) is 34.5. The first-order valence-corrected chi connectivity index (χ1v) is 26.4. The van der Waals surface area contributed by atoms with Gasteiger partial charge in [-0.25, -0.2) is 28.3 Å². The van der Waals surface area contributed by atoms with E-state index in [1.54, 1.807) is 53.9 Å². The SMILES string of the molecule is CO[C@@H]1C[C@@H]2CC[C@@H](C)[C@@](O)(O2)C(=O)C(=O)N2CCCC[C@H]2C(=O)O[C@H]([C@H](C)C[C@@H]2CC[C@@H](O)[C@H](OC)C2)CC(=O)[C@@H](C)/C=C(\C)[C@H](O)[C@@H](OC)C(=O)[C@H](C)C[C@H](C)C2C=CC(/C=C/1C)n1c(=O)n(C)c(=O)n12. The molecule has 73 heavy (non-hydrogen) atoms. The minimum atomic E-state index is -2.54. The third-order valence-corrected chi connectivity index (χ3v) is 16.7. The van der Waals surface area contributed by atoms with Gasteiger partial charge in [0.25, 0.3) is 11.7 Å². The van der Waals surface area contributed by atoms with Crippen molar-refractivity contribution in [3.8, 4) is 0 Å². The molecule has 6 aliphatic rings. The Hall–Kier alpha value is -4.37. The van der Waals surface area contributed by atoms with Crippen molar-refractivity contribution >= 4 is 29.2 Å². The average Bonchev–Trinajstić information content (AvgIpc) is 3.59. The maximum absolute atomic E-state index is 14.5. The Bertz CT molecular complexity index is 2380. The van der Waals surface area contributed by atoms with Gasteiger partial charge in [0.2, 0.25) is 5.79 Å². The standard InChI is InChI=1S/C54H82N4O15/c1-29-22-33(5)46(61)48(71-11)47(62)34(6)23-30(2)42(60)28-44(31(3)24-36-16-20-41(59)45(26-36)70-10)72-51(65)40-14-12-13-21-56(40)50(64)49(63)54(68)35(7)15-18-38(73-54)27-43(69-9)32(4)25-37-17-19-39(29)58-53(67)55(8)52(66)57(37)58/h17,19,23,25,29-31,33,35-41,43-45,47-48,59,62,68H,12-16,18,20-22,24,26-28H2,1-11H3/b32-25+,34-23+/t29-,30-,31+,33+,35+,36-,37?,38-,39?,40-,41+,43+,44-,45+,47-,48-,54+/m0/s1. The minimum absolute atomic E-state index is 0.0384. The fourth-order valence-corrected chi connectivity index (χ4v) is 12.0. The number of ketones is 3. The smallest absolute Gasteiger partial charge is 0.347 e. The summed E-state index contributed by atoms with van der Waals surface area (Å²) in [7, 11) is 5.78. The average molecular weight is 1030 g/mol. The zero-order valence-electron chi connectivity index (χ0n) is 44.8. The Morgan fingerprint density at radius 3 is 2.18 bits per heavy atom. The molecule has 0 radical (unpaired) electrons. The number of fused-ring (bicyclic) bond motifs is 15. The number of carbonyl (C=O) groups is 5. The number of rotatable bonds is 6. The molecule has 1 aromatic heterocycles. The van der Waals surface area contributed by atoms with E-state index >= 15 is 0 Å². The molecule has 17 atom stereocenters. The van der Waals surface area contributed by atoms with E-state index in [0.717, 1.165) is 9.47 Å². The highest BCUT2D eigenvalue weighted by atomic mass is 16.6. The van der Waals surface area contributed by atoms with Crippen LogP contribution < -0.4 is 11.4 Å². The summed E-state index contributed by atoms with van der Waals surface area (Å²) in [6, 6.07) is -2.55. The molecule has 1 aromatic rings. The van der Waals surface area contributed by atoms with Gasteiger partial charge in [0.15, 0.2) is 5.78 Å². The second-order valence-electron chi connectivity index (χ2n) is 22.0. The number of piperidine rings is 1. The van der Waals surface area contributed by atoms with E-state index in [0.29, 0.717) is 62.5 Å². The largest absolute Gasteiger partial charge is 0.460 e.